The number of carbonyl (C=O) groups excluding carboxylic acids is 2. The molecule has 0 fully saturated rings. The zero-order valence-electron chi connectivity index (χ0n) is 18.6. The average Bonchev–Trinajstić information content (AvgIpc) is 2.83. The number of anilines is 1. The third-order valence-electron chi connectivity index (χ3n) is 5.15. The normalized spacial score (nSPS) is 10.5. The van der Waals surface area contributed by atoms with Crippen LogP contribution in [0.5, 0.6) is 5.75 Å². The number of nitrogens with two attached hydrogens (primary N) is 1. The second kappa shape index (κ2) is 12.0. The number of benzene rings is 3. The van der Waals surface area contributed by atoms with E-state index in [4.69, 9.17) is 22.1 Å². The van der Waals surface area contributed by atoms with Gasteiger partial charge in [-0.05, 0) is 66.6 Å². The van der Waals surface area contributed by atoms with Crippen LogP contribution in [0.1, 0.15) is 27.9 Å². The number of rotatable bonds is 10. The quantitative estimate of drug-likeness (QED) is 0.461. The van der Waals surface area contributed by atoms with Crippen LogP contribution in [0.25, 0.3) is 0 Å². The van der Waals surface area contributed by atoms with Crippen LogP contribution in [0.15, 0.2) is 72.8 Å². The second-order valence-corrected chi connectivity index (χ2v) is 8.02. The van der Waals surface area contributed by atoms with Crippen molar-refractivity contribution in [3.8, 4) is 5.75 Å². The smallest absolute Gasteiger partial charge is 0.254 e. The highest BCUT2D eigenvalue weighted by Crippen LogP contribution is 2.24. The van der Waals surface area contributed by atoms with Crippen molar-refractivity contribution in [2.45, 2.75) is 19.4 Å². The molecule has 0 aliphatic carbocycles. The molecular weight excluding hydrogens is 438 g/mol. The summed E-state index contributed by atoms with van der Waals surface area (Å²) in [5.74, 6) is 0.437. The highest BCUT2D eigenvalue weighted by atomic mass is 35.5. The Balaban J connectivity index is 1.74. The molecule has 6 nitrogen and oxygen atoms in total. The van der Waals surface area contributed by atoms with Crippen LogP contribution < -0.4 is 15.8 Å². The Morgan fingerprint density at radius 3 is 2.42 bits per heavy atom. The van der Waals surface area contributed by atoms with Crippen LogP contribution in [-0.4, -0.2) is 36.9 Å². The van der Waals surface area contributed by atoms with Crippen LogP contribution in [0.3, 0.4) is 0 Å². The number of hydrogen-bond donors (Lipinski definition) is 2. The van der Waals surface area contributed by atoms with Crippen LogP contribution >= 0.6 is 11.6 Å². The largest absolute Gasteiger partial charge is 0.497 e. The molecular formula is C26H28ClN3O3. The van der Waals surface area contributed by atoms with Crippen LogP contribution in [0, 0.1) is 0 Å². The van der Waals surface area contributed by atoms with Crippen molar-refractivity contribution < 1.29 is 14.3 Å². The summed E-state index contributed by atoms with van der Waals surface area (Å²) in [4.78, 5) is 27.3. The Kier molecular flexibility index (Phi) is 8.87. The first-order valence-corrected chi connectivity index (χ1v) is 11.1. The zero-order valence-corrected chi connectivity index (χ0v) is 19.3. The van der Waals surface area contributed by atoms with E-state index in [-0.39, 0.29) is 18.2 Å². The number of nitrogens with zero attached hydrogens (tertiary/aromatic N) is 1. The Morgan fingerprint density at radius 1 is 1.03 bits per heavy atom. The minimum atomic E-state index is -0.124. The maximum Gasteiger partial charge on any atom is 0.254 e. The fourth-order valence-corrected chi connectivity index (χ4v) is 3.59. The Hall–Kier alpha value is -3.35. The minimum absolute atomic E-state index is 0.122. The molecule has 0 aromatic heterocycles. The molecule has 0 saturated carbocycles. The summed E-state index contributed by atoms with van der Waals surface area (Å²) in [6.45, 7) is 1.25. The lowest BCUT2D eigenvalue weighted by molar-refractivity contribution is -0.115. The number of methoxy groups -OCH3 is 1. The first-order chi connectivity index (χ1) is 16.0. The van der Waals surface area contributed by atoms with Gasteiger partial charge in [-0.3, -0.25) is 9.59 Å². The maximum absolute atomic E-state index is 13.2. The predicted molar refractivity (Wildman–Crippen MR) is 132 cm³/mol. The zero-order chi connectivity index (χ0) is 23.6. The van der Waals surface area contributed by atoms with E-state index in [0.717, 1.165) is 11.1 Å². The van der Waals surface area contributed by atoms with E-state index in [1.807, 2.05) is 36.4 Å². The van der Waals surface area contributed by atoms with E-state index in [2.05, 4.69) is 5.32 Å². The molecule has 33 heavy (non-hydrogen) atoms. The van der Waals surface area contributed by atoms with Gasteiger partial charge in [0.05, 0.1) is 13.5 Å². The summed E-state index contributed by atoms with van der Waals surface area (Å²) < 4.78 is 5.17. The molecule has 0 radical (unpaired) electrons. The lowest BCUT2D eigenvalue weighted by Gasteiger charge is -2.24. The number of amides is 2. The second-order valence-electron chi connectivity index (χ2n) is 7.61. The highest BCUT2D eigenvalue weighted by molar-refractivity contribution is 6.31. The monoisotopic (exact) mass is 465 g/mol. The van der Waals surface area contributed by atoms with E-state index in [0.29, 0.717) is 48.1 Å². The van der Waals surface area contributed by atoms with Crippen molar-refractivity contribution in [3.05, 3.63) is 94.5 Å². The number of hydrogen-bond acceptors (Lipinski definition) is 4. The number of nitrogens with one attached hydrogen (secondary N) is 1. The Morgan fingerprint density at radius 2 is 1.76 bits per heavy atom. The summed E-state index contributed by atoms with van der Waals surface area (Å²) in [5, 5.41) is 3.44. The lowest BCUT2D eigenvalue weighted by atomic mass is 10.1. The van der Waals surface area contributed by atoms with Gasteiger partial charge in [0.25, 0.3) is 5.91 Å². The van der Waals surface area contributed by atoms with Gasteiger partial charge < -0.3 is 20.7 Å². The molecule has 0 bridgehead atoms. The highest BCUT2D eigenvalue weighted by Gasteiger charge is 2.18. The molecule has 0 aliphatic rings. The molecule has 0 atom stereocenters. The number of ether oxygens (including phenoxy) is 1. The molecule has 172 valence electrons. The summed E-state index contributed by atoms with van der Waals surface area (Å²) in [5.41, 5.74) is 8.55. The molecule has 0 heterocycles. The summed E-state index contributed by atoms with van der Waals surface area (Å²) in [6, 6.07) is 21.8. The molecule has 3 rings (SSSR count). The topological polar surface area (TPSA) is 84.7 Å². The lowest BCUT2D eigenvalue weighted by Crippen LogP contribution is -2.32. The Bertz CT molecular complexity index is 1070. The molecule has 3 N–H and O–H groups in total. The van der Waals surface area contributed by atoms with Gasteiger partial charge in [-0.15, -0.1) is 0 Å². The van der Waals surface area contributed by atoms with Gasteiger partial charge in [0, 0.05) is 29.4 Å². The molecule has 2 amide bonds. The van der Waals surface area contributed by atoms with Crippen molar-refractivity contribution in [2.24, 2.45) is 5.73 Å². The van der Waals surface area contributed by atoms with Gasteiger partial charge in [-0.25, -0.2) is 0 Å². The van der Waals surface area contributed by atoms with Crippen LogP contribution in [0.2, 0.25) is 5.02 Å². The average molecular weight is 466 g/mol. The number of halogens is 1. The summed E-state index contributed by atoms with van der Waals surface area (Å²) in [6.07, 6.45) is 0.935. The third kappa shape index (κ3) is 7.07. The van der Waals surface area contributed by atoms with Gasteiger partial charge in [-0.2, -0.15) is 0 Å². The molecule has 3 aromatic rings. The van der Waals surface area contributed by atoms with Crippen molar-refractivity contribution in [2.75, 3.05) is 25.5 Å². The Labute approximate surface area is 199 Å². The third-order valence-corrected chi connectivity index (χ3v) is 5.52. The van der Waals surface area contributed by atoms with E-state index in [1.54, 1.807) is 48.4 Å². The summed E-state index contributed by atoms with van der Waals surface area (Å²) in [7, 11) is 1.58. The SMILES string of the molecule is COc1ccc(C(=O)N(CCCN)Cc2cc(NC(=O)Cc3ccccc3)ccc2Cl)cc1. The first kappa shape index (κ1) is 24.3. The van der Waals surface area contributed by atoms with Gasteiger partial charge >= 0.3 is 0 Å². The standard InChI is InChI=1S/C26H28ClN3O3/c1-33-23-11-8-20(9-12-23)26(32)30(15-5-14-28)18-21-17-22(10-13-24(21)27)29-25(31)16-19-6-3-2-4-7-19/h2-4,6-13,17H,5,14-16,18,28H2,1H3,(H,29,31). The first-order valence-electron chi connectivity index (χ1n) is 10.8. The molecule has 7 heteroatoms. The molecule has 0 aliphatic heterocycles. The van der Waals surface area contributed by atoms with Crippen LogP contribution in [0.4, 0.5) is 5.69 Å². The molecule has 0 saturated heterocycles. The van der Waals surface area contributed by atoms with Gasteiger partial charge in [0.1, 0.15) is 5.75 Å². The molecule has 0 unspecified atom stereocenters. The van der Waals surface area contributed by atoms with Gasteiger partial charge in [0.15, 0.2) is 0 Å². The predicted octanol–water partition coefficient (Wildman–Crippen LogP) is 4.52. The van der Waals surface area contributed by atoms with Crippen molar-refractivity contribution in [1.82, 2.24) is 4.90 Å². The van der Waals surface area contributed by atoms with Crippen molar-refractivity contribution in [3.63, 3.8) is 0 Å². The molecule has 0 spiro atoms. The van der Waals surface area contributed by atoms with Gasteiger partial charge in [0.2, 0.25) is 5.91 Å². The fraction of sp³-hybridized carbons (Fsp3) is 0.231. The number of carbonyl (C=O) groups is 2. The molecule has 3 aromatic carbocycles. The minimum Gasteiger partial charge on any atom is -0.497 e. The van der Waals surface area contributed by atoms with E-state index >= 15 is 0 Å². The van der Waals surface area contributed by atoms with Crippen molar-refractivity contribution >= 4 is 29.1 Å². The van der Waals surface area contributed by atoms with Crippen molar-refractivity contribution in [1.29, 1.82) is 0 Å². The van der Waals surface area contributed by atoms with E-state index in [1.165, 1.54) is 0 Å². The fourth-order valence-electron chi connectivity index (χ4n) is 3.42. The van der Waals surface area contributed by atoms with Gasteiger partial charge in [-0.1, -0.05) is 41.9 Å². The van der Waals surface area contributed by atoms with E-state index in [9.17, 15) is 9.59 Å². The van der Waals surface area contributed by atoms with Crippen LogP contribution in [-0.2, 0) is 17.8 Å². The summed E-state index contributed by atoms with van der Waals surface area (Å²) >= 11 is 6.44. The van der Waals surface area contributed by atoms with E-state index < -0.39 is 0 Å². The maximum atomic E-state index is 13.2.